The maximum atomic E-state index is 6.01. The molecule has 126 valence electrons. The molecule has 0 aromatic carbocycles. The second-order valence-electron chi connectivity index (χ2n) is 6.47. The van der Waals surface area contributed by atoms with Crippen LogP contribution in [0.4, 0.5) is 0 Å². The van der Waals surface area contributed by atoms with Gasteiger partial charge in [0, 0.05) is 0 Å². The normalized spacial score (nSPS) is 42.3. The van der Waals surface area contributed by atoms with Gasteiger partial charge in [-0.15, -0.1) is 0 Å². The Morgan fingerprint density at radius 3 is 2.41 bits per heavy atom. The third-order valence-electron chi connectivity index (χ3n) is 3.82. The summed E-state index contributed by atoms with van der Waals surface area (Å²) in [6.07, 6.45) is 0.0796. The highest BCUT2D eigenvalue weighted by molar-refractivity contribution is 8.22. The molecule has 0 radical (unpaired) electrons. The fourth-order valence-electron chi connectivity index (χ4n) is 2.97. The number of hydrogen-bond acceptors (Lipinski definition) is 8. The molecule has 3 aliphatic rings. The van der Waals surface area contributed by atoms with Crippen LogP contribution in [-0.4, -0.2) is 59.5 Å². The van der Waals surface area contributed by atoms with Gasteiger partial charge in [0.25, 0.3) is 0 Å². The van der Waals surface area contributed by atoms with E-state index in [1.165, 1.54) is 11.8 Å². The average Bonchev–Trinajstić information content (AvgIpc) is 3.01. The molecule has 0 aromatic rings. The van der Waals surface area contributed by atoms with E-state index >= 15 is 0 Å². The highest BCUT2D eigenvalue weighted by Crippen LogP contribution is 2.42. The summed E-state index contributed by atoms with van der Waals surface area (Å²) in [5.41, 5.74) is 0. The second-order valence-corrected chi connectivity index (χ2v) is 7.88. The zero-order valence-corrected chi connectivity index (χ0v) is 15.0. The van der Waals surface area contributed by atoms with Gasteiger partial charge in [-0.05, 0) is 46.2 Å². The number of rotatable bonds is 2. The summed E-state index contributed by atoms with van der Waals surface area (Å²) in [4.78, 5) is 0. The van der Waals surface area contributed by atoms with Crippen LogP contribution in [0.25, 0.3) is 0 Å². The van der Waals surface area contributed by atoms with E-state index in [1.54, 1.807) is 0 Å². The minimum absolute atomic E-state index is 0.245. The number of fused-ring (bicyclic) bond motifs is 1. The number of thiocarbonyl (C=S) groups is 1. The molecule has 5 atom stereocenters. The van der Waals surface area contributed by atoms with Gasteiger partial charge >= 0.3 is 0 Å². The van der Waals surface area contributed by atoms with Crippen LogP contribution in [0.1, 0.15) is 27.7 Å². The van der Waals surface area contributed by atoms with Gasteiger partial charge in [0.1, 0.15) is 12.2 Å². The Bertz CT molecular complexity index is 455. The molecule has 0 bridgehead atoms. The van der Waals surface area contributed by atoms with E-state index < -0.39 is 17.9 Å². The van der Waals surface area contributed by atoms with E-state index in [0.29, 0.717) is 11.0 Å². The molecular formula is C14H22O6S2. The van der Waals surface area contributed by atoms with Gasteiger partial charge in [-0.2, -0.15) is 0 Å². The monoisotopic (exact) mass is 350 g/mol. The first-order valence-electron chi connectivity index (χ1n) is 7.28. The highest BCUT2D eigenvalue weighted by Gasteiger charge is 2.59. The van der Waals surface area contributed by atoms with Gasteiger partial charge in [-0.3, -0.25) is 0 Å². The van der Waals surface area contributed by atoms with Crippen molar-refractivity contribution in [1.82, 2.24) is 0 Å². The Morgan fingerprint density at radius 1 is 1.09 bits per heavy atom. The van der Waals surface area contributed by atoms with Crippen molar-refractivity contribution in [2.24, 2.45) is 0 Å². The van der Waals surface area contributed by atoms with Crippen molar-refractivity contribution in [3.63, 3.8) is 0 Å². The predicted molar refractivity (Wildman–Crippen MR) is 84.6 cm³/mol. The van der Waals surface area contributed by atoms with Gasteiger partial charge in [-0.25, -0.2) is 0 Å². The zero-order chi connectivity index (χ0) is 16.1. The Balaban J connectivity index is 1.76. The molecule has 0 aliphatic carbocycles. The number of thioether (sulfide) groups is 1. The third-order valence-corrected chi connectivity index (χ3v) is 4.85. The SMILES string of the molecule is CSC(=S)O[C@H]1C(C2COC(C)(C)O2)O[C@@H]2OC(C)(C)O[C@@H]21. The summed E-state index contributed by atoms with van der Waals surface area (Å²) in [5.74, 6) is -1.33. The van der Waals surface area contributed by atoms with E-state index in [9.17, 15) is 0 Å². The first-order valence-corrected chi connectivity index (χ1v) is 8.91. The first-order chi connectivity index (χ1) is 10.2. The maximum Gasteiger partial charge on any atom is 0.220 e. The Kier molecular flexibility index (Phi) is 4.48. The van der Waals surface area contributed by atoms with Gasteiger partial charge in [-0.1, -0.05) is 11.8 Å². The molecule has 0 spiro atoms. The molecule has 6 nitrogen and oxygen atoms in total. The van der Waals surface area contributed by atoms with Crippen molar-refractivity contribution in [3.05, 3.63) is 0 Å². The Hall–Kier alpha value is 0.0400. The van der Waals surface area contributed by atoms with Crippen LogP contribution >= 0.6 is 24.0 Å². The van der Waals surface area contributed by atoms with Gasteiger partial charge in [0.2, 0.25) is 4.38 Å². The van der Waals surface area contributed by atoms with Crippen LogP contribution in [0.2, 0.25) is 0 Å². The summed E-state index contributed by atoms with van der Waals surface area (Å²) in [7, 11) is 0. The van der Waals surface area contributed by atoms with Gasteiger partial charge < -0.3 is 28.4 Å². The topological polar surface area (TPSA) is 55.4 Å². The van der Waals surface area contributed by atoms with Crippen molar-refractivity contribution >= 4 is 28.4 Å². The standard InChI is InChI=1S/C14H22O6S2/c1-13(2)15-6-7(18-13)8-9(17-12(21)22-5)10-11(16-8)20-14(3,4)19-10/h7-11H,6H2,1-5H3/t7?,8?,9-,10+,11+/m0/s1. The second kappa shape index (κ2) is 5.84. The molecule has 3 aliphatic heterocycles. The van der Waals surface area contributed by atoms with Crippen LogP contribution in [0, 0.1) is 0 Å². The average molecular weight is 350 g/mol. The van der Waals surface area contributed by atoms with Crippen molar-refractivity contribution in [2.75, 3.05) is 12.9 Å². The minimum atomic E-state index is -0.699. The highest BCUT2D eigenvalue weighted by atomic mass is 32.2. The summed E-state index contributed by atoms with van der Waals surface area (Å²) in [5, 5.41) is 0. The summed E-state index contributed by atoms with van der Waals surface area (Å²) in [6.45, 7) is 7.90. The third kappa shape index (κ3) is 3.28. The summed E-state index contributed by atoms with van der Waals surface area (Å²) in [6, 6.07) is 0. The lowest BCUT2D eigenvalue weighted by Gasteiger charge is -2.29. The zero-order valence-electron chi connectivity index (χ0n) is 13.4. The molecule has 0 saturated carbocycles. The molecule has 22 heavy (non-hydrogen) atoms. The lowest BCUT2D eigenvalue weighted by Crippen LogP contribution is -2.44. The van der Waals surface area contributed by atoms with Crippen molar-refractivity contribution in [1.29, 1.82) is 0 Å². The number of ether oxygens (including phenoxy) is 6. The van der Waals surface area contributed by atoms with E-state index in [4.69, 9.17) is 40.6 Å². The van der Waals surface area contributed by atoms with E-state index in [2.05, 4.69) is 0 Å². The smallest absolute Gasteiger partial charge is 0.220 e. The first kappa shape index (κ1) is 16.9. The Morgan fingerprint density at radius 2 is 1.82 bits per heavy atom. The van der Waals surface area contributed by atoms with E-state index in [1.807, 2.05) is 34.0 Å². The molecule has 2 unspecified atom stereocenters. The number of hydrogen-bond donors (Lipinski definition) is 0. The van der Waals surface area contributed by atoms with Crippen LogP contribution in [0.5, 0.6) is 0 Å². The molecule has 0 N–H and O–H groups in total. The fraction of sp³-hybridized carbons (Fsp3) is 0.929. The molecule has 0 amide bonds. The van der Waals surface area contributed by atoms with Crippen LogP contribution in [-0.2, 0) is 28.4 Å². The minimum Gasteiger partial charge on any atom is -0.469 e. The molecule has 0 aromatic heterocycles. The molecule has 3 fully saturated rings. The summed E-state index contributed by atoms with van der Waals surface area (Å²) >= 11 is 6.57. The predicted octanol–water partition coefficient (Wildman–Crippen LogP) is 2.05. The lowest BCUT2D eigenvalue weighted by molar-refractivity contribution is -0.230. The van der Waals surface area contributed by atoms with E-state index in [0.717, 1.165) is 0 Å². The van der Waals surface area contributed by atoms with Crippen molar-refractivity contribution in [3.8, 4) is 0 Å². The van der Waals surface area contributed by atoms with Gasteiger partial charge in [0.05, 0.1) is 6.61 Å². The molecular weight excluding hydrogens is 328 g/mol. The summed E-state index contributed by atoms with van der Waals surface area (Å²) < 4.78 is 35.6. The molecule has 3 heterocycles. The quantitative estimate of drug-likeness (QED) is 0.702. The van der Waals surface area contributed by atoms with Crippen molar-refractivity contribution in [2.45, 2.75) is 70.0 Å². The van der Waals surface area contributed by atoms with Crippen LogP contribution in [0.3, 0.4) is 0 Å². The largest absolute Gasteiger partial charge is 0.469 e. The van der Waals surface area contributed by atoms with Crippen LogP contribution < -0.4 is 0 Å². The molecule has 3 saturated heterocycles. The molecule has 8 heteroatoms. The lowest BCUT2D eigenvalue weighted by atomic mass is 10.1. The van der Waals surface area contributed by atoms with Crippen molar-refractivity contribution < 1.29 is 28.4 Å². The van der Waals surface area contributed by atoms with E-state index in [-0.39, 0.29) is 24.4 Å². The maximum absolute atomic E-state index is 6.01. The fourth-order valence-corrected chi connectivity index (χ4v) is 3.29. The molecule has 3 rings (SSSR count). The Labute approximate surface area is 140 Å². The van der Waals surface area contributed by atoms with Gasteiger partial charge in [0.15, 0.2) is 30.1 Å². The van der Waals surface area contributed by atoms with Crippen LogP contribution in [0.15, 0.2) is 0 Å².